The number of carbonyl (C=O) groups excluding carboxylic acids is 1. The van der Waals surface area contributed by atoms with Crippen LogP contribution in [0.1, 0.15) is 20.3 Å². The van der Waals surface area contributed by atoms with Gasteiger partial charge in [-0.25, -0.2) is 0 Å². The molecule has 5 heteroatoms. The van der Waals surface area contributed by atoms with Crippen LogP contribution in [0.4, 0.5) is 0 Å². The molecule has 1 rings (SSSR count). The lowest BCUT2D eigenvalue weighted by atomic mass is 10.2. The van der Waals surface area contributed by atoms with Crippen molar-refractivity contribution in [2.45, 2.75) is 26.3 Å². The summed E-state index contributed by atoms with van der Waals surface area (Å²) in [5.74, 6) is 0.214. The zero-order valence-electron chi connectivity index (χ0n) is 12.9. The minimum atomic E-state index is 0.214. The molecule has 5 nitrogen and oxygen atoms in total. The maximum absolute atomic E-state index is 11.6. The summed E-state index contributed by atoms with van der Waals surface area (Å²) in [4.78, 5) is 18.1. The van der Waals surface area contributed by atoms with Gasteiger partial charge in [-0.05, 0) is 13.8 Å². The Morgan fingerprint density at radius 3 is 2.63 bits per heavy atom. The van der Waals surface area contributed by atoms with Crippen LogP contribution in [0.5, 0.6) is 0 Å². The quantitative estimate of drug-likeness (QED) is 0.632. The lowest BCUT2D eigenvalue weighted by Crippen LogP contribution is -2.53. The molecule has 1 heterocycles. The zero-order chi connectivity index (χ0) is 14.3. The highest BCUT2D eigenvalue weighted by molar-refractivity contribution is 5.75. The summed E-state index contributed by atoms with van der Waals surface area (Å²) in [5, 5.41) is 0. The molecular weight excluding hydrogens is 242 g/mol. The third kappa shape index (κ3) is 5.89. The van der Waals surface area contributed by atoms with Crippen LogP contribution >= 0.6 is 0 Å². The molecule has 1 aliphatic rings. The topological polar surface area (TPSA) is 36.0 Å². The van der Waals surface area contributed by atoms with Gasteiger partial charge >= 0.3 is 0 Å². The molecule has 0 bridgehead atoms. The normalized spacial score (nSPS) is 21.6. The van der Waals surface area contributed by atoms with E-state index in [1.54, 1.807) is 4.90 Å². The maximum atomic E-state index is 11.6. The van der Waals surface area contributed by atoms with E-state index in [-0.39, 0.29) is 5.91 Å². The standard InChI is InChI=1S/C14H29N3O2/c1-5-19-11-10-17-9-8-16(12-13(17)2)7-6-14(18)15(3)4/h13H,5-12H2,1-4H3/t13-/m0/s1. The Bertz CT molecular complexity index is 271. The van der Waals surface area contributed by atoms with Gasteiger partial charge in [0.25, 0.3) is 0 Å². The molecular formula is C14H29N3O2. The summed E-state index contributed by atoms with van der Waals surface area (Å²) >= 11 is 0. The van der Waals surface area contributed by atoms with Crippen LogP contribution in [-0.2, 0) is 9.53 Å². The van der Waals surface area contributed by atoms with E-state index in [4.69, 9.17) is 4.74 Å². The minimum absolute atomic E-state index is 0.214. The van der Waals surface area contributed by atoms with E-state index in [0.717, 1.165) is 45.9 Å². The van der Waals surface area contributed by atoms with Gasteiger partial charge in [0, 0.05) is 65.9 Å². The highest BCUT2D eigenvalue weighted by atomic mass is 16.5. The van der Waals surface area contributed by atoms with Crippen molar-refractivity contribution in [1.82, 2.24) is 14.7 Å². The second-order valence-corrected chi connectivity index (χ2v) is 5.42. The molecule has 0 radical (unpaired) electrons. The third-order valence-electron chi connectivity index (χ3n) is 3.72. The van der Waals surface area contributed by atoms with Gasteiger partial charge in [-0.15, -0.1) is 0 Å². The van der Waals surface area contributed by atoms with Gasteiger partial charge in [0.1, 0.15) is 0 Å². The van der Waals surface area contributed by atoms with Crippen molar-refractivity contribution >= 4 is 5.91 Å². The molecule has 0 saturated carbocycles. The van der Waals surface area contributed by atoms with Crippen molar-refractivity contribution in [2.24, 2.45) is 0 Å². The molecule has 0 aromatic heterocycles. The number of piperazine rings is 1. The number of hydrogen-bond donors (Lipinski definition) is 0. The first-order valence-corrected chi connectivity index (χ1v) is 7.29. The van der Waals surface area contributed by atoms with Crippen molar-refractivity contribution in [3.63, 3.8) is 0 Å². The van der Waals surface area contributed by atoms with E-state index in [1.165, 1.54) is 0 Å². The predicted octanol–water partition coefficient (Wildman–Crippen LogP) is 0.507. The monoisotopic (exact) mass is 271 g/mol. The van der Waals surface area contributed by atoms with Gasteiger partial charge in [0.05, 0.1) is 6.61 Å². The first kappa shape index (κ1) is 16.4. The lowest BCUT2D eigenvalue weighted by Gasteiger charge is -2.39. The molecule has 0 unspecified atom stereocenters. The fourth-order valence-electron chi connectivity index (χ4n) is 2.41. The maximum Gasteiger partial charge on any atom is 0.223 e. The Labute approximate surface area is 117 Å². The summed E-state index contributed by atoms with van der Waals surface area (Å²) in [5.41, 5.74) is 0. The number of ether oxygens (including phenoxy) is 1. The van der Waals surface area contributed by atoms with Gasteiger partial charge in [-0.3, -0.25) is 9.69 Å². The van der Waals surface area contributed by atoms with Gasteiger partial charge in [-0.1, -0.05) is 0 Å². The Kier molecular flexibility index (Phi) is 7.34. The molecule has 0 aromatic rings. The zero-order valence-corrected chi connectivity index (χ0v) is 12.9. The van der Waals surface area contributed by atoms with Crippen molar-refractivity contribution in [2.75, 3.05) is 60.0 Å². The molecule has 1 aliphatic heterocycles. The van der Waals surface area contributed by atoms with Crippen molar-refractivity contribution in [3.8, 4) is 0 Å². The molecule has 0 aliphatic carbocycles. The van der Waals surface area contributed by atoms with Gasteiger partial charge in [0.15, 0.2) is 0 Å². The van der Waals surface area contributed by atoms with Crippen LogP contribution < -0.4 is 0 Å². The molecule has 112 valence electrons. The Morgan fingerprint density at radius 2 is 2.05 bits per heavy atom. The summed E-state index contributed by atoms with van der Waals surface area (Å²) in [7, 11) is 3.63. The number of amides is 1. The van der Waals surface area contributed by atoms with Crippen LogP contribution in [0.25, 0.3) is 0 Å². The highest BCUT2D eigenvalue weighted by Gasteiger charge is 2.23. The van der Waals surface area contributed by atoms with E-state index < -0.39 is 0 Å². The predicted molar refractivity (Wildman–Crippen MR) is 77.3 cm³/mol. The van der Waals surface area contributed by atoms with Crippen molar-refractivity contribution in [3.05, 3.63) is 0 Å². The molecule has 1 fully saturated rings. The fraction of sp³-hybridized carbons (Fsp3) is 0.929. The second kappa shape index (κ2) is 8.51. The summed E-state index contributed by atoms with van der Waals surface area (Å²) in [6, 6.07) is 0.545. The molecule has 1 atom stereocenters. The number of rotatable bonds is 7. The van der Waals surface area contributed by atoms with E-state index >= 15 is 0 Å². The number of nitrogens with zero attached hydrogens (tertiary/aromatic N) is 3. The molecule has 0 spiro atoms. The summed E-state index contributed by atoms with van der Waals surface area (Å²) in [6.45, 7) is 11.0. The minimum Gasteiger partial charge on any atom is -0.380 e. The van der Waals surface area contributed by atoms with Crippen LogP contribution in [0, 0.1) is 0 Å². The van der Waals surface area contributed by atoms with Crippen LogP contribution in [-0.4, -0.2) is 86.7 Å². The van der Waals surface area contributed by atoms with E-state index in [0.29, 0.717) is 12.5 Å². The van der Waals surface area contributed by atoms with Gasteiger partial charge < -0.3 is 14.5 Å². The number of carbonyl (C=O) groups is 1. The van der Waals surface area contributed by atoms with Crippen LogP contribution in [0.15, 0.2) is 0 Å². The Balaban J connectivity index is 2.23. The van der Waals surface area contributed by atoms with Crippen molar-refractivity contribution in [1.29, 1.82) is 0 Å². The molecule has 0 aromatic carbocycles. The van der Waals surface area contributed by atoms with Crippen molar-refractivity contribution < 1.29 is 9.53 Å². The molecule has 1 saturated heterocycles. The van der Waals surface area contributed by atoms with Gasteiger partial charge in [0.2, 0.25) is 5.91 Å². The first-order chi connectivity index (χ1) is 9.04. The fourth-order valence-corrected chi connectivity index (χ4v) is 2.41. The van der Waals surface area contributed by atoms with Gasteiger partial charge in [-0.2, -0.15) is 0 Å². The molecule has 0 N–H and O–H groups in total. The van der Waals surface area contributed by atoms with Crippen LogP contribution in [0.3, 0.4) is 0 Å². The van der Waals surface area contributed by atoms with E-state index in [2.05, 4.69) is 16.7 Å². The molecule has 19 heavy (non-hydrogen) atoms. The Morgan fingerprint density at radius 1 is 1.32 bits per heavy atom. The lowest BCUT2D eigenvalue weighted by molar-refractivity contribution is -0.129. The average molecular weight is 271 g/mol. The second-order valence-electron chi connectivity index (χ2n) is 5.42. The SMILES string of the molecule is CCOCCN1CCN(CCC(=O)N(C)C)C[C@@H]1C. The number of hydrogen-bond acceptors (Lipinski definition) is 4. The Hall–Kier alpha value is -0.650. The summed E-state index contributed by atoms with van der Waals surface area (Å²) in [6.07, 6.45) is 0.624. The third-order valence-corrected chi connectivity index (χ3v) is 3.72. The smallest absolute Gasteiger partial charge is 0.223 e. The largest absolute Gasteiger partial charge is 0.380 e. The molecule has 1 amide bonds. The highest BCUT2D eigenvalue weighted by Crippen LogP contribution is 2.09. The van der Waals surface area contributed by atoms with E-state index in [9.17, 15) is 4.79 Å². The van der Waals surface area contributed by atoms with E-state index in [1.807, 2.05) is 21.0 Å². The first-order valence-electron chi connectivity index (χ1n) is 7.29. The van der Waals surface area contributed by atoms with Crippen LogP contribution in [0.2, 0.25) is 0 Å². The average Bonchev–Trinajstić information content (AvgIpc) is 2.38. The summed E-state index contributed by atoms with van der Waals surface area (Å²) < 4.78 is 5.41.